The fourth-order valence-corrected chi connectivity index (χ4v) is 1.26. The molecule has 0 spiro atoms. The van der Waals surface area contributed by atoms with Gasteiger partial charge in [0.25, 0.3) is 0 Å². The van der Waals surface area contributed by atoms with Gasteiger partial charge >= 0.3 is 6.18 Å². The summed E-state index contributed by atoms with van der Waals surface area (Å²) >= 11 is 0. The molecular formula is C12H13F3O4. The molecule has 0 N–H and O–H groups in total. The fraction of sp³-hybridized carbons (Fsp3) is 0.417. The summed E-state index contributed by atoms with van der Waals surface area (Å²) in [6, 6.07) is 4.56. The molecule has 0 fully saturated rings. The Kier molecular flexibility index (Phi) is 5.62. The lowest BCUT2D eigenvalue weighted by atomic mass is 10.2. The van der Waals surface area contributed by atoms with Crippen molar-refractivity contribution < 1.29 is 32.2 Å². The van der Waals surface area contributed by atoms with Gasteiger partial charge in [-0.3, -0.25) is 4.79 Å². The molecule has 0 aromatic heterocycles. The van der Waals surface area contributed by atoms with Crippen molar-refractivity contribution >= 4 is 6.29 Å². The maximum Gasteiger partial charge on any atom is 0.411 e. The molecule has 0 heterocycles. The third-order valence-electron chi connectivity index (χ3n) is 2.10. The summed E-state index contributed by atoms with van der Waals surface area (Å²) in [5.41, 5.74) is 0.289. The highest BCUT2D eigenvalue weighted by molar-refractivity contribution is 5.79. The van der Waals surface area contributed by atoms with Gasteiger partial charge in [0, 0.05) is 6.07 Å². The molecule has 0 aliphatic heterocycles. The molecule has 0 radical (unpaired) electrons. The first-order valence-electron chi connectivity index (χ1n) is 5.37. The number of benzene rings is 1. The minimum atomic E-state index is -4.36. The Morgan fingerprint density at radius 1 is 1.26 bits per heavy atom. The molecule has 0 aliphatic rings. The van der Waals surface area contributed by atoms with Crippen molar-refractivity contribution in [2.45, 2.75) is 6.18 Å². The zero-order valence-corrected chi connectivity index (χ0v) is 10.2. The Bertz CT molecular complexity index is 418. The van der Waals surface area contributed by atoms with Crippen LogP contribution >= 0.6 is 0 Å². The number of carbonyl (C=O) groups excluding carboxylic acids is 1. The van der Waals surface area contributed by atoms with Crippen molar-refractivity contribution in [3.05, 3.63) is 23.8 Å². The van der Waals surface area contributed by atoms with Gasteiger partial charge in [-0.15, -0.1) is 0 Å². The molecule has 1 aromatic carbocycles. The van der Waals surface area contributed by atoms with Crippen LogP contribution in [0.5, 0.6) is 11.5 Å². The minimum absolute atomic E-state index is 0.0932. The highest BCUT2D eigenvalue weighted by Gasteiger charge is 2.27. The quantitative estimate of drug-likeness (QED) is 0.567. The number of hydrogen-bond donors (Lipinski definition) is 0. The van der Waals surface area contributed by atoms with Crippen molar-refractivity contribution in [3.63, 3.8) is 0 Å². The van der Waals surface area contributed by atoms with Crippen LogP contribution < -0.4 is 9.47 Å². The molecule has 0 saturated heterocycles. The first kappa shape index (κ1) is 15.3. The summed E-state index contributed by atoms with van der Waals surface area (Å²) < 4.78 is 49.9. The zero-order chi connectivity index (χ0) is 14.3. The van der Waals surface area contributed by atoms with E-state index in [-0.39, 0.29) is 24.5 Å². The summed E-state index contributed by atoms with van der Waals surface area (Å²) in [7, 11) is 1.45. The molecule has 19 heavy (non-hydrogen) atoms. The lowest BCUT2D eigenvalue weighted by Crippen LogP contribution is -2.19. The van der Waals surface area contributed by atoms with Gasteiger partial charge in [-0.2, -0.15) is 13.2 Å². The van der Waals surface area contributed by atoms with E-state index in [1.807, 2.05) is 0 Å². The van der Waals surface area contributed by atoms with E-state index in [1.165, 1.54) is 19.2 Å². The second-order valence-corrected chi connectivity index (χ2v) is 3.54. The molecule has 0 unspecified atom stereocenters. The molecule has 1 aromatic rings. The van der Waals surface area contributed by atoms with Crippen LogP contribution in [0.15, 0.2) is 18.2 Å². The van der Waals surface area contributed by atoms with E-state index < -0.39 is 12.8 Å². The second kappa shape index (κ2) is 6.98. The largest absolute Gasteiger partial charge is 0.497 e. The van der Waals surface area contributed by atoms with Gasteiger partial charge in [-0.1, -0.05) is 0 Å². The summed E-state index contributed by atoms with van der Waals surface area (Å²) in [5.74, 6) is 0.724. The number of carbonyl (C=O) groups is 1. The van der Waals surface area contributed by atoms with Crippen LogP contribution in [-0.4, -0.2) is 39.4 Å². The van der Waals surface area contributed by atoms with Crippen molar-refractivity contribution in [1.29, 1.82) is 0 Å². The van der Waals surface area contributed by atoms with Gasteiger partial charge in [0.2, 0.25) is 0 Å². The number of alkyl halides is 3. The SMILES string of the molecule is COc1ccc(C=O)c(OCCOCC(F)(F)F)c1. The van der Waals surface area contributed by atoms with Crippen LogP contribution in [0.2, 0.25) is 0 Å². The molecule has 0 amide bonds. The van der Waals surface area contributed by atoms with E-state index in [4.69, 9.17) is 9.47 Å². The lowest BCUT2D eigenvalue weighted by Gasteiger charge is -2.11. The van der Waals surface area contributed by atoms with E-state index >= 15 is 0 Å². The third-order valence-corrected chi connectivity index (χ3v) is 2.10. The van der Waals surface area contributed by atoms with Crippen molar-refractivity contribution in [2.75, 3.05) is 26.9 Å². The molecule has 0 aliphatic carbocycles. The number of methoxy groups -OCH3 is 1. The van der Waals surface area contributed by atoms with Crippen LogP contribution in [-0.2, 0) is 4.74 Å². The molecule has 0 saturated carbocycles. The molecule has 0 bridgehead atoms. The number of ether oxygens (including phenoxy) is 3. The van der Waals surface area contributed by atoms with Gasteiger partial charge < -0.3 is 14.2 Å². The molecule has 7 heteroatoms. The monoisotopic (exact) mass is 278 g/mol. The third kappa shape index (κ3) is 5.60. The summed E-state index contributed by atoms with van der Waals surface area (Å²) in [6.07, 6.45) is -3.77. The minimum Gasteiger partial charge on any atom is -0.497 e. The summed E-state index contributed by atoms with van der Waals surface area (Å²) in [6.45, 7) is -1.64. The molecule has 1 rings (SSSR count). The molecule has 4 nitrogen and oxygen atoms in total. The Morgan fingerprint density at radius 2 is 2.00 bits per heavy atom. The van der Waals surface area contributed by atoms with Crippen LogP contribution in [0.3, 0.4) is 0 Å². The average Bonchev–Trinajstić information content (AvgIpc) is 2.36. The van der Waals surface area contributed by atoms with Gasteiger partial charge in [-0.05, 0) is 12.1 Å². The fourth-order valence-electron chi connectivity index (χ4n) is 1.26. The molecule has 0 atom stereocenters. The predicted octanol–water partition coefficient (Wildman–Crippen LogP) is 2.47. The standard InChI is InChI=1S/C12H13F3O4/c1-17-10-3-2-9(7-16)11(6-10)19-5-4-18-8-12(13,14)15/h2-3,6-7H,4-5,8H2,1H3. The van der Waals surface area contributed by atoms with Crippen molar-refractivity contribution in [2.24, 2.45) is 0 Å². The zero-order valence-electron chi connectivity index (χ0n) is 10.2. The van der Waals surface area contributed by atoms with Gasteiger partial charge in [0.1, 0.15) is 24.7 Å². The van der Waals surface area contributed by atoms with Gasteiger partial charge in [0.15, 0.2) is 6.29 Å². The van der Waals surface area contributed by atoms with Gasteiger partial charge in [-0.25, -0.2) is 0 Å². The maximum atomic E-state index is 11.8. The molecule has 106 valence electrons. The van der Waals surface area contributed by atoms with Crippen LogP contribution in [0.4, 0.5) is 13.2 Å². The van der Waals surface area contributed by atoms with Crippen molar-refractivity contribution in [3.8, 4) is 11.5 Å². The summed E-state index contributed by atoms with van der Waals surface area (Å²) in [5, 5.41) is 0. The number of halogens is 3. The van der Waals surface area contributed by atoms with E-state index in [0.717, 1.165) is 0 Å². The Balaban J connectivity index is 2.46. The van der Waals surface area contributed by atoms with E-state index in [2.05, 4.69) is 4.74 Å². The van der Waals surface area contributed by atoms with Crippen LogP contribution in [0.25, 0.3) is 0 Å². The molecular weight excluding hydrogens is 265 g/mol. The Hall–Kier alpha value is -1.76. The number of rotatable bonds is 7. The average molecular weight is 278 g/mol. The highest BCUT2D eigenvalue weighted by atomic mass is 19.4. The summed E-state index contributed by atoms with van der Waals surface area (Å²) in [4.78, 5) is 10.7. The van der Waals surface area contributed by atoms with Crippen LogP contribution in [0, 0.1) is 0 Å². The topological polar surface area (TPSA) is 44.8 Å². The van der Waals surface area contributed by atoms with E-state index in [0.29, 0.717) is 12.0 Å². The smallest absolute Gasteiger partial charge is 0.411 e. The number of hydrogen-bond acceptors (Lipinski definition) is 4. The van der Waals surface area contributed by atoms with Crippen LogP contribution in [0.1, 0.15) is 10.4 Å². The predicted molar refractivity (Wildman–Crippen MR) is 60.8 cm³/mol. The lowest BCUT2D eigenvalue weighted by molar-refractivity contribution is -0.175. The van der Waals surface area contributed by atoms with Gasteiger partial charge in [0.05, 0.1) is 19.3 Å². The van der Waals surface area contributed by atoms with E-state index in [9.17, 15) is 18.0 Å². The highest BCUT2D eigenvalue weighted by Crippen LogP contribution is 2.23. The normalized spacial score (nSPS) is 11.2. The van der Waals surface area contributed by atoms with E-state index in [1.54, 1.807) is 6.07 Å². The Morgan fingerprint density at radius 3 is 2.58 bits per heavy atom. The first-order valence-corrected chi connectivity index (χ1v) is 5.37. The number of aldehydes is 1. The van der Waals surface area contributed by atoms with Crippen molar-refractivity contribution in [1.82, 2.24) is 0 Å². The maximum absolute atomic E-state index is 11.8. The Labute approximate surface area is 108 Å². The first-order chi connectivity index (χ1) is 8.96. The second-order valence-electron chi connectivity index (χ2n) is 3.54.